The third kappa shape index (κ3) is 55.9. The second kappa shape index (κ2) is 51.6. The highest BCUT2D eigenvalue weighted by Crippen LogP contribution is 2.38. The Balaban J connectivity index is 4.10. The van der Waals surface area contributed by atoms with Crippen molar-refractivity contribution < 1.29 is 42.1 Å². The molecule has 0 saturated carbocycles. The summed E-state index contributed by atoms with van der Waals surface area (Å²) in [5.41, 5.74) is 0. The normalized spacial score (nSPS) is 13.3. The number of phosphoric acid groups is 1. The van der Waals surface area contributed by atoms with Gasteiger partial charge in [0.25, 0.3) is 7.82 Å². The van der Waals surface area contributed by atoms with Crippen LogP contribution in [0.2, 0.25) is 0 Å². The lowest BCUT2D eigenvalue weighted by molar-refractivity contribution is -0.870. The molecule has 0 fully saturated rings. The van der Waals surface area contributed by atoms with E-state index in [0.717, 1.165) is 38.5 Å². The van der Waals surface area contributed by atoms with Gasteiger partial charge in [0.2, 0.25) is 0 Å². The summed E-state index contributed by atoms with van der Waals surface area (Å²) in [5, 5.41) is 0. The standard InChI is InChI=1S/C59H116NO8P/c1-6-8-10-12-14-16-18-20-22-24-26-28-29-30-32-33-35-37-39-41-43-45-47-49-51-58(61)65-55-57(56-67-69(63,64)66-54-53-60(3,4)5)68-59(62)52-50-48-46-44-42-40-38-36-34-31-27-25-23-21-19-17-15-13-11-9-7-2/h25,27,57H,6-24,26,28-56H2,1-5H3/b27-25-. The Morgan fingerprint density at radius 1 is 0.435 bits per heavy atom. The van der Waals surface area contributed by atoms with E-state index in [4.69, 9.17) is 18.5 Å². The van der Waals surface area contributed by atoms with Crippen molar-refractivity contribution in [3.8, 4) is 0 Å². The fraction of sp³-hybridized carbons (Fsp3) is 0.932. The molecule has 0 aliphatic rings. The van der Waals surface area contributed by atoms with Crippen LogP contribution in [0.3, 0.4) is 0 Å². The Bertz CT molecular complexity index is 1180. The molecule has 0 aliphatic heterocycles. The van der Waals surface area contributed by atoms with Gasteiger partial charge in [-0.25, -0.2) is 0 Å². The van der Waals surface area contributed by atoms with E-state index in [-0.39, 0.29) is 32.0 Å². The van der Waals surface area contributed by atoms with Crippen LogP contribution in [0.4, 0.5) is 0 Å². The number of quaternary nitrogens is 1. The molecule has 0 aliphatic carbocycles. The van der Waals surface area contributed by atoms with Crippen LogP contribution in [0.5, 0.6) is 0 Å². The third-order valence-electron chi connectivity index (χ3n) is 13.5. The molecule has 0 aromatic heterocycles. The molecule has 0 amide bonds. The Labute approximate surface area is 428 Å². The lowest BCUT2D eigenvalue weighted by atomic mass is 10.0. The SMILES string of the molecule is CCCCCCCCCC/C=C\CCCCCCCCCCCC(=O)OC(COC(=O)CCCCCCCCCCCCCCCCCCCCCCCCCC)COP(=O)([O-])OCC[N+](C)(C)C. The van der Waals surface area contributed by atoms with E-state index in [1.165, 1.54) is 231 Å². The fourth-order valence-electron chi connectivity index (χ4n) is 8.89. The zero-order valence-corrected chi connectivity index (χ0v) is 47.4. The van der Waals surface area contributed by atoms with E-state index in [1.54, 1.807) is 0 Å². The van der Waals surface area contributed by atoms with Crippen molar-refractivity contribution in [3.05, 3.63) is 12.2 Å². The van der Waals surface area contributed by atoms with Crippen LogP contribution < -0.4 is 4.89 Å². The minimum atomic E-state index is -4.63. The molecular weight excluding hydrogens is 882 g/mol. The fourth-order valence-corrected chi connectivity index (χ4v) is 9.62. The molecule has 0 bridgehead atoms. The quantitative estimate of drug-likeness (QED) is 0.0195. The number of likely N-dealkylation sites (N-methyl/N-ethyl adjacent to an activating group) is 1. The Kier molecular flexibility index (Phi) is 50.7. The van der Waals surface area contributed by atoms with Crippen LogP contribution in [0.15, 0.2) is 12.2 Å². The summed E-state index contributed by atoms with van der Waals surface area (Å²) in [6.07, 6.45) is 59.7. The van der Waals surface area contributed by atoms with E-state index < -0.39 is 26.5 Å². The van der Waals surface area contributed by atoms with Crippen molar-refractivity contribution in [2.45, 2.75) is 309 Å². The summed E-state index contributed by atoms with van der Waals surface area (Å²) in [5.74, 6) is -0.816. The average Bonchev–Trinajstić information content (AvgIpc) is 3.31. The molecule has 0 rings (SSSR count). The number of carbonyl (C=O) groups excluding carboxylic acids is 2. The molecule has 410 valence electrons. The minimum absolute atomic E-state index is 0.0274. The van der Waals surface area contributed by atoms with Gasteiger partial charge in [-0.3, -0.25) is 14.2 Å². The van der Waals surface area contributed by atoms with Gasteiger partial charge in [0, 0.05) is 12.8 Å². The van der Waals surface area contributed by atoms with Crippen LogP contribution in [0.25, 0.3) is 0 Å². The zero-order chi connectivity index (χ0) is 50.6. The topological polar surface area (TPSA) is 111 Å². The highest BCUT2D eigenvalue weighted by molar-refractivity contribution is 7.45. The molecule has 0 aromatic carbocycles. The third-order valence-corrected chi connectivity index (χ3v) is 14.5. The van der Waals surface area contributed by atoms with Gasteiger partial charge in [-0.05, 0) is 38.5 Å². The van der Waals surface area contributed by atoms with Crippen molar-refractivity contribution in [3.63, 3.8) is 0 Å². The van der Waals surface area contributed by atoms with Crippen LogP contribution in [-0.4, -0.2) is 70.0 Å². The summed E-state index contributed by atoms with van der Waals surface area (Å²) < 4.78 is 34.2. The first-order valence-electron chi connectivity index (χ1n) is 29.9. The van der Waals surface area contributed by atoms with Gasteiger partial charge in [0.1, 0.15) is 19.8 Å². The van der Waals surface area contributed by atoms with Crippen molar-refractivity contribution in [1.29, 1.82) is 0 Å². The van der Waals surface area contributed by atoms with E-state index >= 15 is 0 Å². The van der Waals surface area contributed by atoms with E-state index in [0.29, 0.717) is 17.4 Å². The number of carbonyl (C=O) groups is 2. The number of nitrogens with zero attached hydrogens (tertiary/aromatic N) is 1. The van der Waals surface area contributed by atoms with Crippen LogP contribution in [0.1, 0.15) is 303 Å². The summed E-state index contributed by atoms with van der Waals surface area (Å²) >= 11 is 0. The number of rotatable bonds is 56. The lowest BCUT2D eigenvalue weighted by Crippen LogP contribution is -2.37. The van der Waals surface area contributed by atoms with Gasteiger partial charge < -0.3 is 27.9 Å². The number of allylic oxidation sites excluding steroid dienone is 2. The molecule has 2 atom stereocenters. The number of hydrogen-bond acceptors (Lipinski definition) is 8. The van der Waals surface area contributed by atoms with Gasteiger partial charge >= 0.3 is 11.9 Å². The van der Waals surface area contributed by atoms with Crippen LogP contribution in [-0.2, 0) is 32.7 Å². The van der Waals surface area contributed by atoms with Crippen molar-refractivity contribution in [1.82, 2.24) is 0 Å². The molecule has 10 heteroatoms. The predicted molar refractivity (Wildman–Crippen MR) is 292 cm³/mol. The minimum Gasteiger partial charge on any atom is -0.756 e. The van der Waals surface area contributed by atoms with E-state index in [1.807, 2.05) is 21.1 Å². The Morgan fingerprint density at radius 3 is 1.07 bits per heavy atom. The monoisotopic (exact) mass is 998 g/mol. The van der Waals surface area contributed by atoms with Crippen LogP contribution >= 0.6 is 7.82 Å². The largest absolute Gasteiger partial charge is 0.756 e. The number of hydrogen-bond donors (Lipinski definition) is 0. The molecule has 69 heavy (non-hydrogen) atoms. The number of phosphoric ester groups is 1. The van der Waals surface area contributed by atoms with Crippen LogP contribution in [0, 0.1) is 0 Å². The maximum Gasteiger partial charge on any atom is 0.306 e. The molecule has 0 saturated heterocycles. The average molecular weight is 999 g/mol. The highest BCUT2D eigenvalue weighted by atomic mass is 31.2. The lowest BCUT2D eigenvalue weighted by Gasteiger charge is -2.28. The number of ether oxygens (including phenoxy) is 2. The van der Waals surface area contributed by atoms with Gasteiger partial charge in [-0.1, -0.05) is 264 Å². The summed E-state index contributed by atoms with van der Waals surface area (Å²) in [6.45, 7) is 4.30. The zero-order valence-electron chi connectivity index (χ0n) is 46.5. The van der Waals surface area contributed by atoms with Gasteiger partial charge in [-0.15, -0.1) is 0 Å². The number of esters is 2. The molecular formula is C59H116NO8P. The van der Waals surface area contributed by atoms with Crippen molar-refractivity contribution in [2.75, 3.05) is 47.5 Å². The van der Waals surface area contributed by atoms with Crippen molar-refractivity contribution in [2.24, 2.45) is 0 Å². The molecule has 0 aromatic rings. The smallest absolute Gasteiger partial charge is 0.306 e. The van der Waals surface area contributed by atoms with Gasteiger partial charge in [-0.2, -0.15) is 0 Å². The molecule has 2 unspecified atom stereocenters. The number of unbranched alkanes of at least 4 members (excludes halogenated alkanes) is 40. The Hall–Kier alpha value is -1.25. The first-order chi connectivity index (χ1) is 33.5. The maximum absolute atomic E-state index is 12.8. The van der Waals surface area contributed by atoms with E-state index in [2.05, 4.69) is 26.0 Å². The molecule has 0 radical (unpaired) electrons. The van der Waals surface area contributed by atoms with Crippen molar-refractivity contribution >= 4 is 19.8 Å². The first kappa shape index (κ1) is 67.8. The Morgan fingerprint density at radius 2 is 0.739 bits per heavy atom. The molecule has 0 heterocycles. The second-order valence-electron chi connectivity index (χ2n) is 21.7. The van der Waals surface area contributed by atoms with Gasteiger partial charge in [0.05, 0.1) is 27.7 Å². The molecule has 0 N–H and O–H groups in total. The maximum atomic E-state index is 12.8. The molecule has 0 spiro atoms. The van der Waals surface area contributed by atoms with E-state index in [9.17, 15) is 19.0 Å². The summed E-state index contributed by atoms with van der Waals surface area (Å²) in [7, 11) is 1.18. The molecule has 9 nitrogen and oxygen atoms in total. The van der Waals surface area contributed by atoms with Gasteiger partial charge in [0.15, 0.2) is 6.10 Å². The first-order valence-corrected chi connectivity index (χ1v) is 31.4. The summed E-state index contributed by atoms with van der Waals surface area (Å²) in [6, 6.07) is 0. The highest BCUT2D eigenvalue weighted by Gasteiger charge is 2.22. The predicted octanol–water partition coefficient (Wildman–Crippen LogP) is 17.8. The summed E-state index contributed by atoms with van der Waals surface area (Å²) in [4.78, 5) is 37.9. The second-order valence-corrected chi connectivity index (χ2v) is 23.1.